The van der Waals surface area contributed by atoms with Gasteiger partial charge in [0, 0.05) is 35.2 Å². The summed E-state index contributed by atoms with van der Waals surface area (Å²) in [4.78, 5) is 8.13. The maximum absolute atomic E-state index is 12.1. The lowest BCUT2D eigenvalue weighted by Crippen LogP contribution is -2.23. The number of sulfonamides is 1. The first-order valence-electron chi connectivity index (χ1n) is 6.26. The number of nitrogens with zero attached hydrogens (tertiary/aromatic N) is 1. The second-order valence-corrected chi connectivity index (χ2v) is 7.41. The van der Waals surface area contributed by atoms with Crippen LogP contribution in [0.5, 0.6) is 0 Å². The van der Waals surface area contributed by atoms with Crippen molar-refractivity contribution < 1.29 is 8.42 Å². The summed E-state index contributed by atoms with van der Waals surface area (Å²) < 4.78 is 26.7. The number of H-pyrrole nitrogens is 1. The molecule has 2 heterocycles. The van der Waals surface area contributed by atoms with E-state index in [1.165, 1.54) is 11.3 Å². The van der Waals surface area contributed by atoms with Crippen LogP contribution in [-0.2, 0) is 23.1 Å². The molecule has 110 valence electrons. The predicted molar refractivity (Wildman–Crippen MR) is 78.9 cm³/mol. The standard InChI is InChI=1S/C12H18N4O2S2/c1-9(2)15-6-10-5-11(8-19-10)20(17,18)16-7-12-13-3-4-14-12/h3-5,8-9,15-16H,6-7H2,1-2H3,(H,13,14). The maximum atomic E-state index is 12.1. The molecule has 8 heteroatoms. The Hall–Kier alpha value is -1.22. The van der Waals surface area contributed by atoms with Crippen LogP contribution >= 0.6 is 11.3 Å². The first kappa shape index (κ1) is 15.2. The van der Waals surface area contributed by atoms with Gasteiger partial charge in [0.25, 0.3) is 0 Å². The number of hydrogen-bond donors (Lipinski definition) is 3. The largest absolute Gasteiger partial charge is 0.347 e. The van der Waals surface area contributed by atoms with Crippen molar-refractivity contribution in [2.75, 3.05) is 0 Å². The smallest absolute Gasteiger partial charge is 0.241 e. The van der Waals surface area contributed by atoms with Crippen LogP contribution in [0.1, 0.15) is 24.5 Å². The van der Waals surface area contributed by atoms with Crippen molar-refractivity contribution in [3.63, 3.8) is 0 Å². The Morgan fingerprint density at radius 1 is 1.40 bits per heavy atom. The van der Waals surface area contributed by atoms with Crippen LogP contribution in [0.4, 0.5) is 0 Å². The molecule has 0 saturated heterocycles. The van der Waals surface area contributed by atoms with Crippen LogP contribution in [0, 0.1) is 0 Å². The van der Waals surface area contributed by atoms with Gasteiger partial charge in [0.1, 0.15) is 5.82 Å². The molecule has 2 aromatic rings. The van der Waals surface area contributed by atoms with Crippen molar-refractivity contribution in [3.8, 4) is 0 Å². The molecule has 0 saturated carbocycles. The van der Waals surface area contributed by atoms with Crippen molar-refractivity contribution in [1.82, 2.24) is 20.0 Å². The second-order valence-electron chi connectivity index (χ2n) is 4.64. The van der Waals surface area contributed by atoms with Gasteiger partial charge in [-0.05, 0) is 6.07 Å². The third kappa shape index (κ3) is 4.14. The molecule has 0 bridgehead atoms. The predicted octanol–water partition coefficient (Wildman–Crippen LogP) is 1.45. The monoisotopic (exact) mass is 314 g/mol. The Morgan fingerprint density at radius 2 is 2.20 bits per heavy atom. The van der Waals surface area contributed by atoms with E-state index in [4.69, 9.17) is 0 Å². The highest BCUT2D eigenvalue weighted by atomic mass is 32.2. The van der Waals surface area contributed by atoms with Gasteiger partial charge in [0.15, 0.2) is 0 Å². The number of imidazole rings is 1. The minimum Gasteiger partial charge on any atom is -0.347 e. The molecule has 2 rings (SSSR count). The molecule has 0 radical (unpaired) electrons. The van der Waals surface area contributed by atoms with Crippen molar-refractivity contribution in [2.24, 2.45) is 0 Å². The first-order chi connectivity index (χ1) is 9.47. The third-order valence-corrected chi connectivity index (χ3v) is 5.08. The van der Waals surface area contributed by atoms with Crippen molar-refractivity contribution in [3.05, 3.63) is 34.5 Å². The zero-order valence-electron chi connectivity index (χ0n) is 11.4. The molecule has 2 aromatic heterocycles. The van der Waals surface area contributed by atoms with Gasteiger partial charge in [-0.3, -0.25) is 0 Å². The van der Waals surface area contributed by atoms with E-state index in [9.17, 15) is 8.42 Å². The van der Waals surface area contributed by atoms with E-state index in [1.807, 2.05) is 0 Å². The molecule has 0 aliphatic carbocycles. The number of rotatable bonds is 7. The molecule has 6 nitrogen and oxygen atoms in total. The molecular formula is C12H18N4O2S2. The van der Waals surface area contributed by atoms with Gasteiger partial charge in [-0.1, -0.05) is 13.8 Å². The average molecular weight is 314 g/mol. The topological polar surface area (TPSA) is 86.9 Å². The van der Waals surface area contributed by atoms with Crippen LogP contribution in [0.15, 0.2) is 28.7 Å². The molecule has 3 N–H and O–H groups in total. The second kappa shape index (κ2) is 6.49. The van der Waals surface area contributed by atoms with Gasteiger partial charge in [0.05, 0.1) is 11.4 Å². The third-order valence-electron chi connectivity index (χ3n) is 2.61. The summed E-state index contributed by atoms with van der Waals surface area (Å²) in [5.74, 6) is 0.588. The van der Waals surface area contributed by atoms with Gasteiger partial charge in [-0.2, -0.15) is 0 Å². The normalized spacial score (nSPS) is 12.2. The quantitative estimate of drug-likeness (QED) is 0.722. The highest BCUT2D eigenvalue weighted by molar-refractivity contribution is 7.89. The maximum Gasteiger partial charge on any atom is 0.241 e. The highest BCUT2D eigenvalue weighted by Crippen LogP contribution is 2.19. The van der Waals surface area contributed by atoms with Gasteiger partial charge < -0.3 is 10.3 Å². The summed E-state index contributed by atoms with van der Waals surface area (Å²) in [7, 11) is -3.48. The molecule has 0 atom stereocenters. The molecule has 0 aliphatic rings. The van der Waals surface area contributed by atoms with Crippen molar-refractivity contribution in [1.29, 1.82) is 0 Å². The Labute approximate surface area is 122 Å². The highest BCUT2D eigenvalue weighted by Gasteiger charge is 2.16. The summed E-state index contributed by atoms with van der Waals surface area (Å²) in [5.41, 5.74) is 0. The lowest BCUT2D eigenvalue weighted by atomic mass is 10.4. The molecule has 20 heavy (non-hydrogen) atoms. The summed E-state index contributed by atoms with van der Waals surface area (Å²) in [6.45, 7) is 4.94. The Morgan fingerprint density at radius 3 is 2.85 bits per heavy atom. The number of aromatic amines is 1. The number of aromatic nitrogens is 2. The molecule has 0 aliphatic heterocycles. The lowest BCUT2D eigenvalue weighted by molar-refractivity contribution is 0.579. The van der Waals surface area contributed by atoms with Gasteiger partial charge >= 0.3 is 0 Å². The minimum absolute atomic E-state index is 0.157. The number of thiophene rings is 1. The van der Waals surface area contributed by atoms with E-state index in [0.29, 0.717) is 23.3 Å². The van der Waals surface area contributed by atoms with Crippen LogP contribution in [0.25, 0.3) is 0 Å². The van der Waals surface area contributed by atoms with E-state index in [-0.39, 0.29) is 6.54 Å². The SMILES string of the molecule is CC(C)NCc1cc(S(=O)(=O)NCc2ncc[nH]2)cs1. The average Bonchev–Trinajstić information content (AvgIpc) is 3.05. The molecule has 0 aromatic carbocycles. The fourth-order valence-corrected chi connectivity index (χ4v) is 3.75. The zero-order valence-corrected chi connectivity index (χ0v) is 13.0. The van der Waals surface area contributed by atoms with Gasteiger partial charge in [0.2, 0.25) is 10.0 Å². The molecule has 0 fully saturated rings. The molecule has 0 spiro atoms. The summed E-state index contributed by atoms with van der Waals surface area (Å²) >= 11 is 1.44. The number of nitrogens with one attached hydrogen (secondary N) is 3. The van der Waals surface area contributed by atoms with Crippen molar-refractivity contribution in [2.45, 2.75) is 37.9 Å². The Kier molecular flexibility index (Phi) is 4.92. The zero-order chi connectivity index (χ0) is 14.6. The Bertz CT molecular complexity index is 632. The fourth-order valence-electron chi connectivity index (χ4n) is 1.54. The van der Waals surface area contributed by atoms with E-state index in [2.05, 4.69) is 33.9 Å². The summed E-state index contributed by atoms with van der Waals surface area (Å²) in [5, 5.41) is 4.92. The lowest BCUT2D eigenvalue weighted by Gasteiger charge is -2.05. The van der Waals surface area contributed by atoms with Crippen LogP contribution in [-0.4, -0.2) is 24.4 Å². The molecule has 0 unspecified atom stereocenters. The van der Waals surface area contributed by atoms with Crippen molar-refractivity contribution >= 4 is 21.4 Å². The summed E-state index contributed by atoms with van der Waals surface area (Å²) in [6.07, 6.45) is 3.24. The van der Waals surface area contributed by atoms with Gasteiger partial charge in [-0.25, -0.2) is 18.1 Å². The van der Waals surface area contributed by atoms with E-state index < -0.39 is 10.0 Å². The van der Waals surface area contributed by atoms with Gasteiger partial charge in [-0.15, -0.1) is 11.3 Å². The van der Waals surface area contributed by atoms with E-state index in [0.717, 1.165) is 4.88 Å². The first-order valence-corrected chi connectivity index (χ1v) is 8.62. The van der Waals surface area contributed by atoms with Crippen LogP contribution < -0.4 is 10.0 Å². The molecule has 0 amide bonds. The van der Waals surface area contributed by atoms with Crippen LogP contribution in [0.2, 0.25) is 0 Å². The number of hydrogen-bond acceptors (Lipinski definition) is 5. The van der Waals surface area contributed by atoms with E-state index >= 15 is 0 Å². The van der Waals surface area contributed by atoms with Crippen LogP contribution in [0.3, 0.4) is 0 Å². The van der Waals surface area contributed by atoms with E-state index in [1.54, 1.807) is 23.8 Å². The minimum atomic E-state index is -3.48. The molecular weight excluding hydrogens is 296 g/mol. The summed E-state index contributed by atoms with van der Waals surface area (Å²) in [6, 6.07) is 2.07. The Balaban J connectivity index is 1.98. The fraction of sp³-hybridized carbons (Fsp3) is 0.417.